The van der Waals surface area contributed by atoms with Crippen molar-refractivity contribution in [1.82, 2.24) is 5.32 Å². The third-order valence-corrected chi connectivity index (χ3v) is 4.96. The van der Waals surface area contributed by atoms with Crippen LogP contribution in [0.15, 0.2) is 42.5 Å². The van der Waals surface area contributed by atoms with Crippen molar-refractivity contribution in [3.8, 4) is 11.5 Å². The molecule has 0 spiro atoms. The molecule has 0 saturated carbocycles. The first kappa shape index (κ1) is 18.3. The quantitative estimate of drug-likeness (QED) is 0.859. The number of carbonyl (C=O) groups is 2. The van der Waals surface area contributed by atoms with Gasteiger partial charge >= 0.3 is 0 Å². The molecule has 1 saturated heterocycles. The number of halogens is 1. The van der Waals surface area contributed by atoms with Gasteiger partial charge in [0.15, 0.2) is 11.5 Å². The van der Waals surface area contributed by atoms with Crippen LogP contribution in [0.1, 0.15) is 12.0 Å². The third kappa shape index (κ3) is 3.93. The number of ether oxygens (including phenoxy) is 2. The Kier molecular flexibility index (Phi) is 5.14. The van der Waals surface area contributed by atoms with Crippen LogP contribution in [-0.2, 0) is 16.0 Å². The SMILES string of the molecule is O=C(NCCc1ccc(F)cc1)[C@@H]1CC(=O)N(c2ccc3c(c2)OCCO3)C1. The molecule has 146 valence electrons. The molecule has 0 aromatic heterocycles. The fourth-order valence-corrected chi connectivity index (χ4v) is 3.46. The summed E-state index contributed by atoms with van der Waals surface area (Å²) in [6.45, 7) is 1.76. The summed E-state index contributed by atoms with van der Waals surface area (Å²) in [6.07, 6.45) is 0.787. The van der Waals surface area contributed by atoms with Crippen LogP contribution in [0.3, 0.4) is 0 Å². The first-order chi connectivity index (χ1) is 13.6. The fourth-order valence-electron chi connectivity index (χ4n) is 3.46. The van der Waals surface area contributed by atoms with Gasteiger partial charge in [-0.15, -0.1) is 0 Å². The Hall–Kier alpha value is -3.09. The molecular weight excluding hydrogens is 363 g/mol. The van der Waals surface area contributed by atoms with Crippen LogP contribution in [0, 0.1) is 11.7 Å². The minimum atomic E-state index is -0.395. The van der Waals surface area contributed by atoms with E-state index in [9.17, 15) is 14.0 Å². The van der Waals surface area contributed by atoms with Crippen molar-refractivity contribution < 1.29 is 23.5 Å². The van der Waals surface area contributed by atoms with Gasteiger partial charge in [0, 0.05) is 31.3 Å². The molecule has 1 N–H and O–H groups in total. The zero-order valence-electron chi connectivity index (χ0n) is 15.3. The van der Waals surface area contributed by atoms with Crippen LogP contribution in [-0.4, -0.2) is 38.1 Å². The molecule has 4 rings (SSSR count). The van der Waals surface area contributed by atoms with Gasteiger partial charge in [-0.1, -0.05) is 12.1 Å². The molecule has 7 heteroatoms. The minimum absolute atomic E-state index is 0.0876. The summed E-state index contributed by atoms with van der Waals surface area (Å²) in [5.41, 5.74) is 1.65. The Bertz CT molecular complexity index is 884. The molecule has 1 atom stereocenters. The zero-order valence-corrected chi connectivity index (χ0v) is 15.3. The minimum Gasteiger partial charge on any atom is -0.486 e. The van der Waals surface area contributed by atoms with E-state index in [4.69, 9.17) is 9.47 Å². The van der Waals surface area contributed by atoms with E-state index in [0.717, 1.165) is 5.56 Å². The maximum absolute atomic E-state index is 12.9. The topological polar surface area (TPSA) is 67.9 Å². The van der Waals surface area contributed by atoms with Crippen LogP contribution >= 0.6 is 0 Å². The van der Waals surface area contributed by atoms with Gasteiger partial charge in [-0.2, -0.15) is 0 Å². The standard InChI is InChI=1S/C21H21FN2O4/c22-16-3-1-14(2-4-16)7-8-23-21(26)15-11-20(25)24(13-15)17-5-6-18-19(12-17)28-10-9-27-18/h1-6,12,15H,7-11,13H2,(H,23,26)/t15-/m1/s1. The molecule has 0 aliphatic carbocycles. The van der Waals surface area contributed by atoms with Crippen LogP contribution in [0.2, 0.25) is 0 Å². The highest BCUT2D eigenvalue weighted by Crippen LogP contribution is 2.35. The van der Waals surface area contributed by atoms with Crippen molar-refractivity contribution in [2.24, 2.45) is 5.92 Å². The molecule has 0 unspecified atom stereocenters. The van der Waals surface area contributed by atoms with Crippen molar-refractivity contribution in [1.29, 1.82) is 0 Å². The average molecular weight is 384 g/mol. The Morgan fingerprint density at radius 1 is 1.11 bits per heavy atom. The number of nitrogens with one attached hydrogen (secondary N) is 1. The summed E-state index contributed by atoms with van der Waals surface area (Å²) in [4.78, 5) is 26.5. The number of hydrogen-bond acceptors (Lipinski definition) is 4. The summed E-state index contributed by atoms with van der Waals surface area (Å²) in [7, 11) is 0. The molecule has 28 heavy (non-hydrogen) atoms. The second-order valence-corrected chi connectivity index (χ2v) is 6.90. The molecule has 2 heterocycles. The lowest BCUT2D eigenvalue weighted by atomic mass is 10.1. The van der Waals surface area contributed by atoms with E-state index in [2.05, 4.69) is 5.32 Å². The maximum Gasteiger partial charge on any atom is 0.227 e. The maximum atomic E-state index is 12.9. The smallest absolute Gasteiger partial charge is 0.227 e. The predicted molar refractivity (Wildman–Crippen MR) is 101 cm³/mol. The normalized spacial score (nSPS) is 18.2. The van der Waals surface area contributed by atoms with Crippen molar-refractivity contribution in [2.75, 3.05) is 31.2 Å². The summed E-state index contributed by atoms with van der Waals surface area (Å²) in [5.74, 6) is 0.372. The highest BCUT2D eigenvalue weighted by Gasteiger charge is 2.35. The Labute approximate surface area is 162 Å². The van der Waals surface area contributed by atoms with E-state index < -0.39 is 5.92 Å². The second-order valence-electron chi connectivity index (χ2n) is 6.90. The molecule has 2 aromatic rings. The van der Waals surface area contributed by atoms with Gasteiger partial charge in [0.05, 0.1) is 5.92 Å². The van der Waals surface area contributed by atoms with Gasteiger partial charge in [0.2, 0.25) is 11.8 Å². The third-order valence-electron chi connectivity index (χ3n) is 4.96. The predicted octanol–water partition coefficient (Wildman–Crippen LogP) is 2.31. The van der Waals surface area contributed by atoms with Crippen LogP contribution in [0.25, 0.3) is 0 Å². The molecule has 2 aliphatic heterocycles. The summed E-state index contributed by atoms with van der Waals surface area (Å²) >= 11 is 0. The number of carbonyl (C=O) groups excluding carboxylic acids is 2. The lowest BCUT2D eigenvalue weighted by Crippen LogP contribution is -2.34. The van der Waals surface area contributed by atoms with Gasteiger partial charge < -0.3 is 19.7 Å². The van der Waals surface area contributed by atoms with Crippen LogP contribution in [0.4, 0.5) is 10.1 Å². The van der Waals surface area contributed by atoms with Crippen LogP contribution in [0.5, 0.6) is 11.5 Å². The number of benzene rings is 2. The van der Waals surface area contributed by atoms with Gasteiger partial charge in [-0.25, -0.2) is 4.39 Å². The Morgan fingerprint density at radius 3 is 2.64 bits per heavy atom. The molecule has 2 aliphatic rings. The number of fused-ring (bicyclic) bond motifs is 1. The molecule has 2 amide bonds. The van der Waals surface area contributed by atoms with E-state index in [1.165, 1.54) is 12.1 Å². The molecule has 6 nitrogen and oxygen atoms in total. The Morgan fingerprint density at radius 2 is 1.86 bits per heavy atom. The number of nitrogens with zero attached hydrogens (tertiary/aromatic N) is 1. The van der Waals surface area contributed by atoms with Crippen molar-refractivity contribution >= 4 is 17.5 Å². The Balaban J connectivity index is 1.33. The average Bonchev–Trinajstić information content (AvgIpc) is 3.11. The molecule has 1 fully saturated rings. The summed E-state index contributed by atoms with van der Waals surface area (Å²) < 4.78 is 24.0. The highest BCUT2D eigenvalue weighted by molar-refractivity contribution is 6.00. The molecule has 0 radical (unpaired) electrons. The lowest BCUT2D eigenvalue weighted by molar-refractivity contribution is -0.126. The summed E-state index contributed by atoms with van der Waals surface area (Å²) in [5, 5.41) is 2.87. The van der Waals surface area contributed by atoms with E-state index in [0.29, 0.717) is 49.9 Å². The van der Waals surface area contributed by atoms with Gasteiger partial charge in [-0.05, 0) is 36.2 Å². The van der Waals surface area contributed by atoms with Gasteiger partial charge in [0.1, 0.15) is 19.0 Å². The zero-order chi connectivity index (χ0) is 19.5. The molecule has 0 bridgehead atoms. The van der Waals surface area contributed by atoms with Crippen molar-refractivity contribution in [3.63, 3.8) is 0 Å². The first-order valence-corrected chi connectivity index (χ1v) is 9.32. The van der Waals surface area contributed by atoms with Crippen LogP contribution < -0.4 is 19.7 Å². The first-order valence-electron chi connectivity index (χ1n) is 9.32. The molecule has 2 aromatic carbocycles. The monoisotopic (exact) mass is 384 g/mol. The number of rotatable bonds is 5. The molecular formula is C21H21FN2O4. The number of anilines is 1. The van der Waals surface area contributed by atoms with E-state index in [1.807, 2.05) is 0 Å². The van der Waals surface area contributed by atoms with Gasteiger partial charge in [-0.3, -0.25) is 9.59 Å². The van der Waals surface area contributed by atoms with Crippen molar-refractivity contribution in [3.05, 3.63) is 53.8 Å². The summed E-state index contributed by atoms with van der Waals surface area (Å²) in [6, 6.07) is 11.6. The largest absolute Gasteiger partial charge is 0.486 e. The lowest BCUT2D eigenvalue weighted by Gasteiger charge is -2.22. The van der Waals surface area contributed by atoms with Gasteiger partial charge in [0.25, 0.3) is 0 Å². The van der Waals surface area contributed by atoms with Crippen molar-refractivity contribution in [2.45, 2.75) is 12.8 Å². The van der Waals surface area contributed by atoms with E-state index in [1.54, 1.807) is 35.2 Å². The highest BCUT2D eigenvalue weighted by atomic mass is 19.1. The second kappa shape index (κ2) is 7.88. The fraction of sp³-hybridized carbons (Fsp3) is 0.333. The van der Waals surface area contributed by atoms with E-state index >= 15 is 0 Å². The number of hydrogen-bond donors (Lipinski definition) is 1. The van der Waals surface area contributed by atoms with E-state index in [-0.39, 0.29) is 24.1 Å². The number of amides is 2.